The lowest BCUT2D eigenvalue weighted by Crippen LogP contribution is -2.47. The highest BCUT2D eigenvalue weighted by atomic mass is 15.8. The first-order chi connectivity index (χ1) is 14.2. The van der Waals surface area contributed by atoms with Crippen molar-refractivity contribution in [1.82, 2.24) is 15.5 Å². The van der Waals surface area contributed by atoms with Crippen LogP contribution in [0.3, 0.4) is 0 Å². The Labute approximate surface area is 170 Å². The van der Waals surface area contributed by atoms with E-state index in [0.717, 1.165) is 33.7 Å². The molecule has 2 aromatic carbocycles. The Morgan fingerprint density at radius 3 is 2.62 bits per heavy atom. The van der Waals surface area contributed by atoms with Gasteiger partial charge in [-0.1, -0.05) is 42.5 Å². The average Bonchev–Trinajstić information content (AvgIpc) is 3.12. The van der Waals surface area contributed by atoms with Gasteiger partial charge in [0.15, 0.2) is 5.82 Å². The van der Waals surface area contributed by atoms with Gasteiger partial charge in [0.1, 0.15) is 0 Å². The molecule has 0 radical (unpaired) electrons. The van der Waals surface area contributed by atoms with E-state index in [1.54, 1.807) is 0 Å². The third kappa shape index (κ3) is 3.30. The number of hydrazine groups is 2. The molecule has 144 valence electrons. The Hall–Kier alpha value is -3.44. The molecule has 1 aliphatic rings. The summed E-state index contributed by atoms with van der Waals surface area (Å²) in [5, 5.41) is 5.44. The third-order valence-corrected chi connectivity index (χ3v) is 5.19. The summed E-state index contributed by atoms with van der Waals surface area (Å²) in [6.45, 7) is 5.06. The summed E-state index contributed by atoms with van der Waals surface area (Å²) in [7, 11) is 0. The summed E-state index contributed by atoms with van der Waals surface area (Å²) in [6, 6.07) is 25.4. The van der Waals surface area contributed by atoms with Crippen LogP contribution in [0.15, 0.2) is 79.0 Å². The molecule has 0 fully saturated rings. The predicted molar refractivity (Wildman–Crippen MR) is 118 cm³/mol. The van der Waals surface area contributed by atoms with Gasteiger partial charge < -0.3 is 0 Å². The van der Waals surface area contributed by atoms with Gasteiger partial charge in [0.25, 0.3) is 0 Å². The molecule has 0 unspecified atom stereocenters. The van der Waals surface area contributed by atoms with Gasteiger partial charge in [0.05, 0.1) is 23.4 Å². The van der Waals surface area contributed by atoms with Crippen LogP contribution in [0.25, 0.3) is 22.2 Å². The third-order valence-electron chi connectivity index (χ3n) is 5.19. The maximum Gasteiger partial charge on any atom is 0.170 e. The minimum absolute atomic E-state index is 0.309. The van der Waals surface area contributed by atoms with E-state index in [0.29, 0.717) is 12.6 Å². The number of nitrogens with zero attached hydrogens (tertiary/aromatic N) is 4. The van der Waals surface area contributed by atoms with Gasteiger partial charge >= 0.3 is 0 Å². The van der Waals surface area contributed by atoms with E-state index in [1.165, 1.54) is 5.56 Å². The zero-order valence-electron chi connectivity index (χ0n) is 16.6. The van der Waals surface area contributed by atoms with E-state index in [1.807, 2.05) is 30.5 Å². The lowest BCUT2D eigenvalue weighted by atomic mass is 10.1. The van der Waals surface area contributed by atoms with Crippen LogP contribution >= 0.6 is 0 Å². The molecule has 0 aliphatic carbocycles. The van der Waals surface area contributed by atoms with Gasteiger partial charge in [0, 0.05) is 23.2 Å². The minimum Gasteiger partial charge on any atom is -0.284 e. The highest BCUT2D eigenvalue weighted by Crippen LogP contribution is 2.36. The average molecular weight is 381 g/mol. The molecular formula is C24H23N5. The van der Waals surface area contributed by atoms with E-state index < -0.39 is 0 Å². The van der Waals surface area contributed by atoms with Gasteiger partial charge in [-0.15, -0.1) is 5.53 Å². The molecule has 5 nitrogen and oxygen atoms in total. The van der Waals surface area contributed by atoms with Crippen molar-refractivity contribution in [3.8, 4) is 11.3 Å². The zero-order valence-corrected chi connectivity index (χ0v) is 16.6. The Bertz CT molecular complexity index is 1160. The second-order valence-corrected chi connectivity index (χ2v) is 7.59. The number of fused-ring (bicyclic) bond motifs is 2. The Morgan fingerprint density at radius 1 is 0.931 bits per heavy atom. The lowest BCUT2D eigenvalue weighted by Gasteiger charge is -2.25. The van der Waals surface area contributed by atoms with Crippen molar-refractivity contribution in [3.63, 3.8) is 0 Å². The SMILES string of the molecule is CC(C)N1NN(Cc2ccc3ncccc3c2)c2nc(-c3ccccc3)ccc21. The zero-order chi connectivity index (χ0) is 19.8. The molecule has 5 heteroatoms. The first-order valence-electron chi connectivity index (χ1n) is 9.92. The summed E-state index contributed by atoms with van der Waals surface area (Å²) >= 11 is 0. The monoisotopic (exact) mass is 381 g/mol. The molecule has 0 atom stereocenters. The number of hydrogen-bond donors (Lipinski definition) is 1. The van der Waals surface area contributed by atoms with E-state index in [9.17, 15) is 0 Å². The molecule has 0 spiro atoms. The van der Waals surface area contributed by atoms with Crippen LogP contribution in [-0.2, 0) is 6.54 Å². The van der Waals surface area contributed by atoms with Crippen LogP contribution in [0.4, 0.5) is 11.5 Å². The van der Waals surface area contributed by atoms with E-state index in [4.69, 9.17) is 4.98 Å². The highest BCUT2D eigenvalue weighted by molar-refractivity contribution is 5.79. The topological polar surface area (TPSA) is 44.3 Å². The quantitative estimate of drug-likeness (QED) is 0.542. The number of rotatable bonds is 4. The number of pyridine rings is 2. The van der Waals surface area contributed by atoms with Crippen molar-refractivity contribution in [2.24, 2.45) is 0 Å². The maximum absolute atomic E-state index is 5.01. The fourth-order valence-corrected chi connectivity index (χ4v) is 3.74. The molecule has 0 saturated carbocycles. The Balaban J connectivity index is 1.52. The molecule has 0 amide bonds. The second kappa shape index (κ2) is 7.18. The first-order valence-corrected chi connectivity index (χ1v) is 9.92. The molecule has 2 aromatic heterocycles. The van der Waals surface area contributed by atoms with Gasteiger partial charge in [-0.2, -0.15) is 0 Å². The van der Waals surface area contributed by atoms with Crippen molar-refractivity contribution in [1.29, 1.82) is 0 Å². The number of anilines is 2. The smallest absolute Gasteiger partial charge is 0.170 e. The lowest BCUT2D eigenvalue weighted by molar-refractivity contribution is 0.557. The van der Waals surface area contributed by atoms with Crippen LogP contribution in [0.1, 0.15) is 19.4 Å². The van der Waals surface area contributed by atoms with Crippen LogP contribution in [0, 0.1) is 0 Å². The Kier molecular flexibility index (Phi) is 4.37. The molecule has 0 saturated heterocycles. The van der Waals surface area contributed by atoms with E-state index >= 15 is 0 Å². The largest absolute Gasteiger partial charge is 0.284 e. The van der Waals surface area contributed by atoms with Crippen molar-refractivity contribution in [3.05, 3.63) is 84.6 Å². The summed E-state index contributed by atoms with van der Waals surface area (Å²) in [5.74, 6) is 0.950. The van der Waals surface area contributed by atoms with Gasteiger partial charge in [-0.05, 0) is 49.7 Å². The molecule has 0 bridgehead atoms. The van der Waals surface area contributed by atoms with Gasteiger partial charge in [-0.25, -0.2) is 4.98 Å². The summed E-state index contributed by atoms with van der Waals surface area (Å²) in [5.41, 5.74) is 8.94. The number of aromatic nitrogens is 2. The first kappa shape index (κ1) is 17.6. The minimum atomic E-state index is 0.309. The van der Waals surface area contributed by atoms with Crippen molar-refractivity contribution < 1.29 is 0 Å². The molecule has 1 N–H and O–H groups in total. The van der Waals surface area contributed by atoms with Crippen molar-refractivity contribution in [2.75, 3.05) is 10.0 Å². The van der Waals surface area contributed by atoms with Crippen molar-refractivity contribution in [2.45, 2.75) is 26.4 Å². The van der Waals surface area contributed by atoms with E-state index in [-0.39, 0.29) is 0 Å². The Morgan fingerprint density at radius 2 is 1.79 bits per heavy atom. The van der Waals surface area contributed by atoms with E-state index in [2.05, 4.69) is 82.9 Å². The van der Waals surface area contributed by atoms with Crippen molar-refractivity contribution >= 4 is 22.4 Å². The highest BCUT2D eigenvalue weighted by Gasteiger charge is 2.29. The maximum atomic E-state index is 5.01. The number of nitrogens with one attached hydrogen (secondary N) is 1. The van der Waals surface area contributed by atoms with Crippen LogP contribution in [0.2, 0.25) is 0 Å². The normalized spacial score (nSPS) is 13.3. The molecule has 3 heterocycles. The van der Waals surface area contributed by atoms with Gasteiger partial charge in [-0.3, -0.25) is 15.0 Å². The molecular weight excluding hydrogens is 358 g/mol. The fraction of sp³-hybridized carbons (Fsp3) is 0.167. The summed E-state index contributed by atoms with van der Waals surface area (Å²) < 4.78 is 0. The number of hydrogen-bond acceptors (Lipinski definition) is 5. The van der Waals surface area contributed by atoms with Crippen LogP contribution in [-0.4, -0.2) is 16.0 Å². The molecule has 29 heavy (non-hydrogen) atoms. The molecule has 4 aromatic rings. The predicted octanol–water partition coefficient (Wildman–Crippen LogP) is 4.95. The number of benzene rings is 2. The molecule has 5 rings (SSSR count). The standard InChI is InChI=1S/C24H23N5/c1-17(2)29-23-13-12-22(19-7-4-3-5-8-19)26-24(23)28(27-29)16-18-10-11-21-20(15-18)9-6-14-25-21/h3-15,17,27H,16H2,1-2H3. The fourth-order valence-electron chi connectivity index (χ4n) is 3.74. The van der Waals surface area contributed by atoms with Crippen LogP contribution < -0.4 is 15.6 Å². The molecule has 1 aliphatic heterocycles. The van der Waals surface area contributed by atoms with Crippen LogP contribution in [0.5, 0.6) is 0 Å². The summed E-state index contributed by atoms with van der Waals surface area (Å²) in [6.07, 6.45) is 1.83. The second-order valence-electron chi connectivity index (χ2n) is 7.59. The summed E-state index contributed by atoms with van der Waals surface area (Å²) in [4.78, 5) is 9.43. The van der Waals surface area contributed by atoms with Gasteiger partial charge in [0.2, 0.25) is 0 Å².